The lowest BCUT2D eigenvalue weighted by Crippen LogP contribution is -2.41. The fraction of sp³-hybridized carbons (Fsp3) is 0.192. The van der Waals surface area contributed by atoms with Gasteiger partial charge in [0.2, 0.25) is 11.8 Å². The van der Waals surface area contributed by atoms with Crippen molar-refractivity contribution in [2.75, 3.05) is 12.8 Å². The van der Waals surface area contributed by atoms with E-state index in [1.54, 1.807) is 24.1 Å². The summed E-state index contributed by atoms with van der Waals surface area (Å²) in [6.45, 7) is 2.11. The van der Waals surface area contributed by atoms with Crippen molar-refractivity contribution in [3.8, 4) is 17.1 Å². The van der Waals surface area contributed by atoms with Crippen LogP contribution in [0, 0.1) is 12.7 Å². The van der Waals surface area contributed by atoms with Crippen molar-refractivity contribution in [1.29, 1.82) is 0 Å². The van der Waals surface area contributed by atoms with Crippen LogP contribution in [0.2, 0.25) is 0 Å². The van der Waals surface area contributed by atoms with E-state index in [1.165, 1.54) is 25.4 Å². The molecule has 2 aromatic carbocycles. The Labute approximate surface area is 201 Å². The molecule has 1 aliphatic heterocycles. The number of aromatic nitrogens is 4. The highest BCUT2D eigenvalue weighted by atomic mass is 19.1. The molecule has 5 rings (SSSR count). The molecule has 1 amide bonds. The fourth-order valence-electron chi connectivity index (χ4n) is 4.52. The molecule has 9 heteroatoms. The van der Waals surface area contributed by atoms with Gasteiger partial charge in [-0.05, 0) is 30.2 Å². The molecule has 8 nitrogen and oxygen atoms in total. The van der Waals surface area contributed by atoms with E-state index in [2.05, 4.69) is 19.9 Å². The SMILES string of the molecule is COc1cncc(-c2cc(F)ccc2C2Cc3nc(N)nc(C)c3C(=O)N2Cc2ccccc2)n1. The van der Waals surface area contributed by atoms with Crippen LogP contribution >= 0.6 is 0 Å². The molecule has 2 aromatic heterocycles. The van der Waals surface area contributed by atoms with E-state index < -0.39 is 11.9 Å². The minimum Gasteiger partial charge on any atom is -0.480 e. The molecule has 1 aliphatic rings. The van der Waals surface area contributed by atoms with Gasteiger partial charge >= 0.3 is 0 Å². The van der Waals surface area contributed by atoms with E-state index in [0.717, 1.165) is 11.1 Å². The quantitative estimate of drug-likeness (QED) is 0.471. The van der Waals surface area contributed by atoms with Crippen LogP contribution in [0.4, 0.5) is 10.3 Å². The number of rotatable bonds is 5. The van der Waals surface area contributed by atoms with Gasteiger partial charge < -0.3 is 15.4 Å². The molecule has 0 radical (unpaired) electrons. The molecule has 3 heterocycles. The molecular weight excluding hydrogens is 447 g/mol. The summed E-state index contributed by atoms with van der Waals surface area (Å²) < 4.78 is 19.7. The average molecular weight is 471 g/mol. The van der Waals surface area contributed by atoms with E-state index in [4.69, 9.17) is 10.5 Å². The predicted octanol–water partition coefficient (Wildman–Crippen LogP) is 3.91. The first kappa shape index (κ1) is 22.4. The van der Waals surface area contributed by atoms with E-state index in [9.17, 15) is 9.18 Å². The van der Waals surface area contributed by atoms with Gasteiger partial charge in [0.1, 0.15) is 5.82 Å². The number of nitrogen functional groups attached to an aromatic ring is 1. The summed E-state index contributed by atoms with van der Waals surface area (Å²) in [6.07, 6.45) is 3.41. The van der Waals surface area contributed by atoms with Gasteiger partial charge in [0.05, 0.1) is 48.2 Å². The first-order valence-electron chi connectivity index (χ1n) is 11.1. The number of methoxy groups -OCH3 is 1. The van der Waals surface area contributed by atoms with Gasteiger partial charge in [-0.3, -0.25) is 9.78 Å². The summed E-state index contributed by atoms with van der Waals surface area (Å²) in [7, 11) is 1.49. The summed E-state index contributed by atoms with van der Waals surface area (Å²) in [6, 6.07) is 13.7. The number of hydrogen-bond donors (Lipinski definition) is 1. The van der Waals surface area contributed by atoms with Crippen molar-refractivity contribution in [2.24, 2.45) is 0 Å². The van der Waals surface area contributed by atoms with Crippen LogP contribution in [-0.2, 0) is 13.0 Å². The second-order valence-corrected chi connectivity index (χ2v) is 8.31. The topological polar surface area (TPSA) is 107 Å². The molecule has 0 saturated carbocycles. The summed E-state index contributed by atoms with van der Waals surface area (Å²) in [5.41, 5.74) is 10.1. The zero-order chi connectivity index (χ0) is 24.5. The lowest BCUT2D eigenvalue weighted by atomic mass is 9.88. The van der Waals surface area contributed by atoms with Crippen molar-refractivity contribution < 1.29 is 13.9 Å². The Kier molecular flexibility index (Phi) is 5.82. The molecule has 0 spiro atoms. The van der Waals surface area contributed by atoms with Gasteiger partial charge in [-0.1, -0.05) is 36.4 Å². The number of ether oxygens (including phenoxy) is 1. The molecule has 35 heavy (non-hydrogen) atoms. The molecule has 0 bridgehead atoms. The summed E-state index contributed by atoms with van der Waals surface area (Å²) in [5.74, 6) is -0.208. The number of nitrogens with zero attached hydrogens (tertiary/aromatic N) is 5. The lowest BCUT2D eigenvalue weighted by Gasteiger charge is -2.38. The number of nitrogens with two attached hydrogens (primary N) is 1. The maximum Gasteiger partial charge on any atom is 0.258 e. The number of amides is 1. The molecule has 2 N–H and O–H groups in total. The number of hydrogen-bond acceptors (Lipinski definition) is 7. The third-order valence-corrected chi connectivity index (χ3v) is 6.09. The average Bonchev–Trinajstić information content (AvgIpc) is 2.86. The molecule has 0 saturated heterocycles. The van der Waals surface area contributed by atoms with Gasteiger partial charge in [0.25, 0.3) is 5.91 Å². The standard InChI is InChI=1S/C26H23FN6O2/c1-15-24-20(32-26(28)30-15)11-22(33(25(24)34)14-16-6-4-3-5-7-16)18-9-8-17(27)10-19(18)21-12-29-13-23(31-21)35-2/h3-10,12-13,22H,11,14H2,1-2H3,(H2,28,30,32). The van der Waals surface area contributed by atoms with Gasteiger partial charge in [-0.2, -0.15) is 0 Å². The first-order chi connectivity index (χ1) is 16.9. The molecule has 1 atom stereocenters. The summed E-state index contributed by atoms with van der Waals surface area (Å²) in [4.78, 5) is 32.8. The van der Waals surface area contributed by atoms with Crippen LogP contribution in [0.15, 0.2) is 60.9 Å². The highest BCUT2D eigenvalue weighted by Gasteiger charge is 2.37. The van der Waals surface area contributed by atoms with Gasteiger partial charge in [-0.15, -0.1) is 0 Å². The molecule has 4 aromatic rings. The van der Waals surface area contributed by atoms with Crippen LogP contribution in [0.5, 0.6) is 5.88 Å². The fourth-order valence-corrected chi connectivity index (χ4v) is 4.52. The van der Waals surface area contributed by atoms with E-state index >= 15 is 0 Å². The Morgan fingerprint density at radius 3 is 2.69 bits per heavy atom. The van der Waals surface area contributed by atoms with Crippen LogP contribution in [0.1, 0.15) is 38.9 Å². The zero-order valence-electron chi connectivity index (χ0n) is 19.3. The normalized spacial score (nSPS) is 15.1. The number of aryl methyl sites for hydroxylation is 1. The maximum absolute atomic E-state index is 14.5. The number of carbonyl (C=O) groups excluding carboxylic acids is 1. The Hall–Kier alpha value is -4.40. The minimum absolute atomic E-state index is 0.113. The zero-order valence-corrected chi connectivity index (χ0v) is 19.3. The van der Waals surface area contributed by atoms with Crippen LogP contribution in [0.25, 0.3) is 11.3 Å². The summed E-state index contributed by atoms with van der Waals surface area (Å²) >= 11 is 0. The van der Waals surface area contributed by atoms with Gasteiger partial charge in [0.15, 0.2) is 0 Å². The van der Waals surface area contributed by atoms with E-state index in [0.29, 0.717) is 47.1 Å². The highest BCUT2D eigenvalue weighted by Crippen LogP contribution is 2.39. The van der Waals surface area contributed by atoms with Crippen molar-refractivity contribution in [3.63, 3.8) is 0 Å². The number of benzene rings is 2. The van der Waals surface area contributed by atoms with Crippen molar-refractivity contribution in [1.82, 2.24) is 24.8 Å². The smallest absolute Gasteiger partial charge is 0.258 e. The second kappa shape index (κ2) is 9.09. The predicted molar refractivity (Wildman–Crippen MR) is 128 cm³/mol. The van der Waals surface area contributed by atoms with Crippen molar-refractivity contribution in [2.45, 2.75) is 25.9 Å². The third kappa shape index (κ3) is 4.28. The second-order valence-electron chi connectivity index (χ2n) is 8.31. The summed E-state index contributed by atoms with van der Waals surface area (Å²) in [5, 5.41) is 0. The van der Waals surface area contributed by atoms with Crippen LogP contribution in [-0.4, -0.2) is 37.9 Å². The number of fused-ring (bicyclic) bond motifs is 1. The van der Waals surface area contributed by atoms with Gasteiger partial charge in [0, 0.05) is 18.5 Å². The minimum atomic E-state index is -0.451. The van der Waals surface area contributed by atoms with Crippen molar-refractivity contribution in [3.05, 3.63) is 94.8 Å². The molecule has 1 unspecified atom stereocenters. The van der Waals surface area contributed by atoms with Crippen LogP contribution < -0.4 is 10.5 Å². The highest BCUT2D eigenvalue weighted by molar-refractivity contribution is 5.98. The molecule has 0 fully saturated rings. The Morgan fingerprint density at radius 1 is 1.11 bits per heavy atom. The Bertz CT molecular complexity index is 1410. The monoisotopic (exact) mass is 470 g/mol. The first-order valence-corrected chi connectivity index (χ1v) is 11.1. The van der Waals surface area contributed by atoms with Crippen molar-refractivity contribution >= 4 is 11.9 Å². The number of carbonyl (C=O) groups is 1. The third-order valence-electron chi connectivity index (χ3n) is 6.09. The molecule has 0 aliphatic carbocycles. The Balaban J connectivity index is 1.68. The van der Waals surface area contributed by atoms with Gasteiger partial charge in [-0.25, -0.2) is 19.3 Å². The molecule has 176 valence electrons. The Morgan fingerprint density at radius 2 is 1.91 bits per heavy atom. The molecular formula is C26H23FN6O2. The number of halogens is 1. The van der Waals surface area contributed by atoms with E-state index in [1.807, 2.05) is 30.3 Å². The lowest BCUT2D eigenvalue weighted by molar-refractivity contribution is 0.0625. The number of anilines is 1. The van der Waals surface area contributed by atoms with E-state index in [-0.39, 0.29) is 11.9 Å². The largest absolute Gasteiger partial charge is 0.480 e. The van der Waals surface area contributed by atoms with Crippen LogP contribution in [0.3, 0.4) is 0 Å². The maximum atomic E-state index is 14.5.